The molecule has 0 aliphatic heterocycles. The summed E-state index contributed by atoms with van der Waals surface area (Å²) < 4.78 is 0. The summed E-state index contributed by atoms with van der Waals surface area (Å²) in [6, 6.07) is 0. The molecule has 0 radical (unpaired) electrons. The van der Waals surface area contributed by atoms with Gasteiger partial charge in [0, 0.05) is 6.42 Å². The maximum Gasteiger partial charge on any atom is 0.303 e. The molecule has 68 valence electrons. The Morgan fingerprint density at radius 3 is 2.58 bits per heavy atom. The highest BCUT2D eigenvalue weighted by Crippen LogP contribution is 1.95. The van der Waals surface area contributed by atoms with Crippen molar-refractivity contribution in [1.82, 2.24) is 0 Å². The lowest BCUT2D eigenvalue weighted by atomic mass is 10.2. The van der Waals surface area contributed by atoms with Gasteiger partial charge >= 0.3 is 5.97 Å². The number of carboxylic acid groups (broad SMARTS) is 1. The van der Waals surface area contributed by atoms with Gasteiger partial charge in [-0.3, -0.25) is 4.79 Å². The van der Waals surface area contributed by atoms with Gasteiger partial charge in [-0.05, 0) is 12.3 Å². The summed E-state index contributed by atoms with van der Waals surface area (Å²) in [5.74, 6) is -0.193. The predicted molar refractivity (Wildman–Crippen MR) is 50.0 cm³/mol. The van der Waals surface area contributed by atoms with E-state index in [0.29, 0.717) is 12.3 Å². The molecule has 0 fully saturated rings. The molecule has 0 aromatic rings. The fraction of sp³-hybridized carbons (Fsp3) is 0.500. The smallest absolute Gasteiger partial charge is 0.303 e. The minimum Gasteiger partial charge on any atom is -0.481 e. The number of carboxylic acids is 1. The van der Waals surface area contributed by atoms with Crippen LogP contribution in [0.1, 0.15) is 26.7 Å². The summed E-state index contributed by atoms with van der Waals surface area (Å²) >= 11 is 0. The van der Waals surface area contributed by atoms with Gasteiger partial charge in [0.25, 0.3) is 0 Å². The number of hydrogen-bond donors (Lipinski definition) is 1. The van der Waals surface area contributed by atoms with Crippen LogP contribution in [0.5, 0.6) is 0 Å². The van der Waals surface area contributed by atoms with Crippen LogP contribution in [0.2, 0.25) is 0 Å². The van der Waals surface area contributed by atoms with Gasteiger partial charge in [-0.1, -0.05) is 38.2 Å². The number of carbonyl (C=O) groups is 1. The van der Waals surface area contributed by atoms with E-state index in [1.165, 1.54) is 0 Å². The van der Waals surface area contributed by atoms with Crippen molar-refractivity contribution in [2.24, 2.45) is 5.92 Å². The first-order chi connectivity index (χ1) is 5.63. The van der Waals surface area contributed by atoms with Crippen LogP contribution in [0.15, 0.2) is 24.3 Å². The average molecular weight is 168 g/mol. The van der Waals surface area contributed by atoms with E-state index in [0.717, 1.165) is 0 Å². The predicted octanol–water partition coefficient (Wildman–Crippen LogP) is 2.62. The van der Waals surface area contributed by atoms with Crippen molar-refractivity contribution in [2.75, 3.05) is 0 Å². The Morgan fingerprint density at radius 1 is 1.42 bits per heavy atom. The molecule has 2 nitrogen and oxygen atoms in total. The van der Waals surface area contributed by atoms with Crippen molar-refractivity contribution in [1.29, 1.82) is 0 Å². The summed E-state index contributed by atoms with van der Waals surface area (Å²) in [6.45, 7) is 4.20. The van der Waals surface area contributed by atoms with Crippen LogP contribution in [0.25, 0.3) is 0 Å². The minimum absolute atomic E-state index is 0.214. The Hall–Kier alpha value is -1.05. The highest BCUT2D eigenvalue weighted by atomic mass is 16.4. The van der Waals surface area contributed by atoms with Crippen molar-refractivity contribution >= 4 is 5.97 Å². The summed E-state index contributed by atoms with van der Waals surface area (Å²) in [5, 5.41) is 8.31. The second-order valence-corrected chi connectivity index (χ2v) is 2.99. The van der Waals surface area contributed by atoms with Crippen LogP contribution < -0.4 is 0 Å². The third kappa shape index (κ3) is 8.95. The van der Waals surface area contributed by atoms with E-state index >= 15 is 0 Å². The van der Waals surface area contributed by atoms with Gasteiger partial charge < -0.3 is 5.11 Å². The number of rotatable bonds is 5. The Bertz CT molecular complexity index is 178. The third-order valence-electron chi connectivity index (χ3n) is 1.27. The van der Waals surface area contributed by atoms with Crippen molar-refractivity contribution in [3.8, 4) is 0 Å². The molecule has 1 N–H and O–H groups in total. The monoisotopic (exact) mass is 168 g/mol. The maximum absolute atomic E-state index is 10.1. The second kappa shape index (κ2) is 6.65. The molecule has 12 heavy (non-hydrogen) atoms. The Labute approximate surface area is 73.6 Å². The van der Waals surface area contributed by atoms with Crippen molar-refractivity contribution in [3.63, 3.8) is 0 Å². The lowest BCUT2D eigenvalue weighted by molar-refractivity contribution is -0.136. The van der Waals surface area contributed by atoms with E-state index in [1.807, 2.05) is 18.2 Å². The van der Waals surface area contributed by atoms with Crippen LogP contribution in [-0.2, 0) is 4.79 Å². The van der Waals surface area contributed by atoms with Gasteiger partial charge in [0.05, 0.1) is 0 Å². The van der Waals surface area contributed by atoms with Gasteiger partial charge in [0.1, 0.15) is 0 Å². The molecule has 0 unspecified atom stereocenters. The zero-order valence-electron chi connectivity index (χ0n) is 7.66. The van der Waals surface area contributed by atoms with E-state index in [4.69, 9.17) is 5.11 Å². The van der Waals surface area contributed by atoms with E-state index in [2.05, 4.69) is 19.9 Å². The lowest BCUT2D eigenvalue weighted by Crippen LogP contribution is -1.91. The summed E-state index contributed by atoms with van der Waals surface area (Å²) in [4.78, 5) is 10.1. The molecule has 0 amide bonds. The highest BCUT2D eigenvalue weighted by Gasteiger charge is 1.90. The molecule has 0 aliphatic carbocycles. The first-order valence-electron chi connectivity index (χ1n) is 4.18. The van der Waals surface area contributed by atoms with E-state index < -0.39 is 5.97 Å². The van der Waals surface area contributed by atoms with Crippen LogP contribution in [0.3, 0.4) is 0 Å². The summed E-state index contributed by atoms with van der Waals surface area (Å²) in [5.41, 5.74) is 0. The van der Waals surface area contributed by atoms with Gasteiger partial charge in [0.15, 0.2) is 0 Å². The number of aliphatic carboxylic acids is 1. The summed E-state index contributed by atoms with van der Waals surface area (Å²) in [7, 11) is 0. The minimum atomic E-state index is -0.743. The van der Waals surface area contributed by atoms with Crippen molar-refractivity contribution < 1.29 is 9.90 Å². The molecule has 0 heterocycles. The van der Waals surface area contributed by atoms with Crippen LogP contribution >= 0.6 is 0 Å². The molecule has 0 aromatic heterocycles. The molecule has 0 saturated carbocycles. The normalized spacial score (nSPS) is 11.9. The van der Waals surface area contributed by atoms with E-state index in [1.54, 1.807) is 0 Å². The second-order valence-electron chi connectivity index (χ2n) is 2.99. The topological polar surface area (TPSA) is 37.3 Å². The van der Waals surface area contributed by atoms with E-state index in [9.17, 15) is 4.79 Å². The molecule has 0 rings (SSSR count). The molecular formula is C10H16O2. The number of hydrogen-bond acceptors (Lipinski definition) is 1. The molecule has 0 spiro atoms. The highest BCUT2D eigenvalue weighted by molar-refractivity contribution is 5.66. The standard InChI is InChI=1S/C10H16O2/c1-9(2)7-5-3-4-6-8-10(11)12/h3-5,7,9H,6,8H2,1-2H3,(H,11,12). The first-order valence-corrected chi connectivity index (χ1v) is 4.18. The van der Waals surface area contributed by atoms with Gasteiger partial charge in [-0.25, -0.2) is 0 Å². The Balaban J connectivity index is 3.43. The zero-order valence-corrected chi connectivity index (χ0v) is 7.66. The summed E-state index contributed by atoms with van der Waals surface area (Å²) in [6.07, 6.45) is 8.60. The molecular weight excluding hydrogens is 152 g/mol. The van der Waals surface area contributed by atoms with Gasteiger partial charge in [0.2, 0.25) is 0 Å². The zero-order chi connectivity index (χ0) is 9.40. The lowest BCUT2D eigenvalue weighted by Gasteiger charge is -1.89. The molecule has 0 saturated heterocycles. The van der Waals surface area contributed by atoms with Crippen molar-refractivity contribution in [2.45, 2.75) is 26.7 Å². The third-order valence-corrected chi connectivity index (χ3v) is 1.27. The van der Waals surface area contributed by atoms with Gasteiger partial charge in [-0.15, -0.1) is 0 Å². The quantitative estimate of drug-likeness (QED) is 0.641. The van der Waals surface area contributed by atoms with Gasteiger partial charge in [-0.2, -0.15) is 0 Å². The molecule has 0 aromatic carbocycles. The SMILES string of the molecule is CC(C)C=CC=CCCC(=O)O. The van der Waals surface area contributed by atoms with Crippen LogP contribution in [-0.4, -0.2) is 11.1 Å². The maximum atomic E-state index is 10.1. The van der Waals surface area contributed by atoms with E-state index in [-0.39, 0.29) is 6.42 Å². The fourth-order valence-electron chi connectivity index (χ4n) is 0.668. The average Bonchev–Trinajstić information content (AvgIpc) is 1.95. The molecule has 0 atom stereocenters. The Kier molecular flexibility index (Phi) is 6.07. The first kappa shape index (κ1) is 11.0. The molecule has 2 heteroatoms. The number of allylic oxidation sites excluding steroid dienone is 4. The Morgan fingerprint density at radius 2 is 2.08 bits per heavy atom. The van der Waals surface area contributed by atoms with Crippen molar-refractivity contribution in [3.05, 3.63) is 24.3 Å². The van der Waals surface area contributed by atoms with Crippen LogP contribution in [0.4, 0.5) is 0 Å². The fourth-order valence-corrected chi connectivity index (χ4v) is 0.668. The molecule has 0 aliphatic rings. The molecule has 0 bridgehead atoms. The van der Waals surface area contributed by atoms with Crippen LogP contribution in [0, 0.1) is 5.92 Å². The largest absolute Gasteiger partial charge is 0.481 e.